The second kappa shape index (κ2) is 10.2. The zero-order chi connectivity index (χ0) is 10.6. The van der Waals surface area contributed by atoms with E-state index in [1.807, 2.05) is 19.1 Å². The number of aromatic nitrogens is 1. The molecule has 2 nitrogen and oxygen atoms in total. The Morgan fingerprint density at radius 3 is 1.86 bits per heavy atom. The van der Waals surface area contributed by atoms with Crippen LogP contribution < -0.4 is 5.32 Å². The normalized spacial score (nSPS) is 9.07. The third kappa shape index (κ3) is 9.20. The first-order chi connectivity index (χ1) is 6.81. The molecule has 0 saturated carbocycles. The predicted octanol–water partition coefficient (Wildman–Crippen LogP) is 2.79. The number of pyridine rings is 1. The molecule has 14 heavy (non-hydrogen) atoms. The lowest BCUT2D eigenvalue weighted by molar-refractivity contribution is 0.662. The van der Waals surface area contributed by atoms with Crippen LogP contribution in [-0.4, -0.2) is 18.1 Å². The van der Waals surface area contributed by atoms with Crippen LogP contribution in [0.25, 0.3) is 0 Å². The van der Waals surface area contributed by atoms with Gasteiger partial charge in [-0.2, -0.15) is 0 Å². The summed E-state index contributed by atoms with van der Waals surface area (Å²) in [7, 11) is 0. The van der Waals surface area contributed by atoms with Crippen molar-refractivity contribution in [3.63, 3.8) is 0 Å². The van der Waals surface area contributed by atoms with Crippen molar-refractivity contribution in [2.45, 2.75) is 33.6 Å². The van der Waals surface area contributed by atoms with Gasteiger partial charge in [0.25, 0.3) is 0 Å². The van der Waals surface area contributed by atoms with Crippen LogP contribution in [-0.2, 0) is 0 Å². The SMILES string of the molecule is CCCNCCC.Cc1ccncc1. The molecule has 1 heterocycles. The number of rotatable bonds is 4. The first kappa shape index (κ1) is 13.1. The van der Waals surface area contributed by atoms with Gasteiger partial charge in [0.05, 0.1) is 0 Å². The summed E-state index contributed by atoms with van der Waals surface area (Å²) in [6, 6.07) is 3.94. The van der Waals surface area contributed by atoms with Gasteiger partial charge in [-0.05, 0) is 50.6 Å². The number of nitrogens with zero attached hydrogens (tertiary/aromatic N) is 1. The Kier molecular flexibility index (Phi) is 9.54. The van der Waals surface area contributed by atoms with Gasteiger partial charge in [0, 0.05) is 12.4 Å². The van der Waals surface area contributed by atoms with E-state index in [0.717, 1.165) is 0 Å². The zero-order valence-electron chi connectivity index (χ0n) is 9.59. The number of aryl methyl sites for hydroxylation is 1. The highest BCUT2D eigenvalue weighted by Gasteiger charge is 1.76. The maximum atomic E-state index is 3.85. The Bertz CT molecular complexity index is 193. The molecule has 0 atom stereocenters. The minimum atomic E-state index is 1.17. The van der Waals surface area contributed by atoms with E-state index in [9.17, 15) is 0 Å². The molecule has 0 aromatic carbocycles. The third-order valence-electron chi connectivity index (χ3n) is 1.70. The van der Waals surface area contributed by atoms with Crippen molar-refractivity contribution in [1.82, 2.24) is 10.3 Å². The standard InChI is InChI=1S/C6H7N.C6H15N/c1-6-2-4-7-5-3-6;1-3-5-7-6-4-2/h2-5H,1H3;7H,3-6H2,1-2H3. The van der Waals surface area contributed by atoms with Crippen LogP contribution in [0.4, 0.5) is 0 Å². The number of hydrogen-bond donors (Lipinski definition) is 1. The van der Waals surface area contributed by atoms with Gasteiger partial charge >= 0.3 is 0 Å². The molecule has 2 heteroatoms. The molecular weight excluding hydrogens is 172 g/mol. The molecule has 0 amide bonds. The van der Waals surface area contributed by atoms with E-state index < -0.39 is 0 Å². The van der Waals surface area contributed by atoms with E-state index in [0.29, 0.717) is 0 Å². The van der Waals surface area contributed by atoms with E-state index >= 15 is 0 Å². The average molecular weight is 194 g/mol. The summed E-state index contributed by atoms with van der Waals surface area (Å²) in [4.78, 5) is 3.85. The van der Waals surface area contributed by atoms with Crippen LogP contribution >= 0.6 is 0 Å². The molecule has 0 spiro atoms. The van der Waals surface area contributed by atoms with Crippen LogP contribution in [0.15, 0.2) is 24.5 Å². The minimum absolute atomic E-state index is 1.17. The lowest BCUT2D eigenvalue weighted by Crippen LogP contribution is -2.14. The lowest BCUT2D eigenvalue weighted by atomic mass is 10.3. The van der Waals surface area contributed by atoms with Crippen LogP contribution in [0, 0.1) is 6.92 Å². The van der Waals surface area contributed by atoms with Gasteiger partial charge in [-0.15, -0.1) is 0 Å². The van der Waals surface area contributed by atoms with E-state index in [1.54, 1.807) is 12.4 Å². The molecule has 0 bridgehead atoms. The highest BCUT2D eigenvalue weighted by molar-refractivity contribution is 5.05. The van der Waals surface area contributed by atoms with Crippen molar-refractivity contribution in [2.75, 3.05) is 13.1 Å². The minimum Gasteiger partial charge on any atom is -0.317 e. The molecule has 0 aliphatic heterocycles. The molecular formula is C12H22N2. The molecule has 0 aliphatic carbocycles. The van der Waals surface area contributed by atoms with Crippen LogP contribution in [0.5, 0.6) is 0 Å². The smallest absolute Gasteiger partial charge is 0.0270 e. The average Bonchev–Trinajstić information content (AvgIpc) is 2.21. The Labute approximate surface area is 87.8 Å². The predicted molar refractivity (Wildman–Crippen MR) is 62.4 cm³/mol. The van der Waals surface area contributed by atoms with E-state index in [-0.39, 0.29) is 0 Å². The second-order valence-electron chi connectivity index (χ2n) is 3.27. The summed E-state index contributed by atoms with van der Waals surface area (Å²) in [5.41, 5.74) is 1.26. The van der Waals surface area contributed by atoms with Gasteiger partial charge in [0.1, 0.15) is 0 Å². The van der Waals surface area contributed by atoms with Crippen molar-refractivity contribution >= 4 is 0 Å². The summed E-state index contributed by atoms with van der Waals surface area (Å²) in [6.45, 7) is 8.76. The van der Waals surface area contributed by atoms with Gasteiger partial charge in [0.2, 0.25) is 0 Å². The Morgan fingerprint density at radius 1 is 1.07 bits per heavy atom. The monoisotopic (exact) mass is 194 g/mol. The van der Waals surface area contributed by atoms with E-state index in [1.165, 1.54) is 31.5 Å². The molecule has 1 aromatic heterocycles. The van der Waals surface area contributed by atoms with Crippen LogP contribution in [0.2, 0.25) is 0 Å². The van der Waals surface area contributed by atoms with Crippen LogP contribution in [0.1, 0.15) is 32.3 Å². The maximum absolute atomic E-state index is 3.85. The summed E-state index contributed by atoms with van der Waals surface area (Å²) < 4.78 is 0. The molecule has 0 unspecified atom stereocenters. The van der Waals surface area contributed by atoms with E-state index in [4.69, 9.17) is 0 Å². The van der Waals surface area contributed by atoms with Crippen molar-refractivity contribution in [2.24, 2.45) is 0 Å². The van der Waals surface area contributed by atoms with Crippen molar-refractivity contribution in [3.05, 3.63) is 30.1 Å². The fourth-order valence-corrected chi connectivity index (χ4v) is 0.905. The largest absolute Gasteiger partial charge is 0.317 e. The summed E-state index contributed by atoms with van der Waals surface area (Å²) in [6.07, 6.45) is 6.07. The van der Waals surface area contributed by atoms with Gasteiger partial charge in [0.15, 0.2) is 0 Å². The first-order valence-electron chi connectivity index (χ1n) is 5.38. The molecule has 1 N–H and O–H groups in total. The maximum Gasteiger partial charge on any atom is 0.0270 e. The molecule has 0 fully saturated rings. The molecule has 1 rings (SSSR count). The van der Waals surface area contributed by atoms with Crippen molar-refractivity contribution in [1.29, 1.82) is 0 Å². The highest BCUT2D eigenvalue weighted by atomic mass is 14.8. The van der Waals surface area contributed by atoms with Crippen LogP contribution in [0.3, 0.4) is 0 Å². The molecule has 0 radical (unpaired) electrons. The van der Waals surface area contributed by atoms with Crippen molar-refractivity contribution in [3.8, 4) is 0 Å². The number of hydrogen-bond acceptors (Lipinski definition) is 2. The van der Waals surface area contributed by atoms with Gasteiger partial charge in [-0.25, -0.2) is 0 Å². The third-order valence-corrected chi connectivity index (χ3v) is 1.70. The van der Waals surface area contributed by atoms with Gasteiger partial charge < -0.3 is 5.32 Å². The van der Waals surface area contributed by atoms with E-state index in [2.05, 4.69) is 24.1 Å². The second-order valence-corrected chi connectivity index (χ2v) is 3.27. The summed E-state index contributed by atoms with van der Waals surface area (Å²) in [5, 5.41) is 3.28. The Hall–Kier alpha value is -0.890. The Morgan fingerprint density at radius 2 is 1.57 bits per heavy atom. The quantitative estimate of drug-likeness (QED) is 0.745. The first-order valence-corrected chi connectivity index (χ1v) is 5.38. The number of nitrogens with one attached hydrogen (secondary N) is 1. The highest BCUT2D eigenvalue weighted by Crippen LogP contribution is 1.88. The lowest BCUT2D eigenvalue weighted by Gasteiger charge is -1.95. The van der Waals surface area contributed by atoms with Gasteiger partial charge in [-0.1, -0.05) is 13.8 Å². The molecule has 80 valence electrons. The fraction of sp³-hybridized carbons (Fsp3) is 0.583. The summed E-state index contributed by atoms with van der Waals surface area (Å²) in [5.74, 6) is 0. The topological polar surface area (TPSA) is 24.9 Å². The summed E-state index contributed by atoms with van der Waals surface area (Å²) >= 11 is 0. The molecule has 0 saturated heterocycles. The zero-order valence-corrected chi connectivity index (χ0v) is 9.59. The Balaban J connectivity index is 0.000000241. The fourth-order valence-electron chi connectivity index (χ4n) is 0.905. The molecule has 0 aliphatic rings. The van der Waals surface area contributed by atoms with Crippen molar-refractivity contribution < 1.29 is 0 Å². The molecule has 1 aromatic rings. The van der Waals surface area contributed by atoms with Gasteiger partial charge in [-0.3, -0.25) is 4.98 Å².